The number of aromatic nitrogens is 3. The predicted octanol–water partition coefficient (Wildman–Crippen LogP) is 0.781. The van der Waals surface area contributed by atoms with Crippen molar-refractivity contribution >= 4 is 5.95 Å². The molecule has 12 heavy (non-hydrogen) atoms. The SMILES string of the molecule is Cc1nc(N)nc(C(F)(F)F)n1. The van der Waals surface area contributed by atoms with Gasteiger partial charge in [-0.05, 0) is 6.92 Å². The van der Waals surface area contributed by atoms with Gasteiger partial charge in [-0.1, -0.05) is 0 Å². The molecule has 66 valence electrons. The zero-order valence-electron chi connectivity index (χ0n) is 6.05. The molecular formula is C5H5F3N4. The summed E-state index contributed by atoms with van der Waals surface area (Å²) in [5.74, 6) is -1.72. The highest BCUT2D eigenvalue weighted by Gasteiger charge is 2.35. The Morgan fingerprint density at radius 2 is 1.75 bits per heavy atom. The van der Waals surface area contributed by atoms with E-state index >= 15 is 0 Å². The van der Waals surface area contributed by atoms with Gasteiger partial charge in [-0.2, -0.15) is 23.1 Å². The van der Waals surface area contributed by atoms with Gasteiger partial charge in [0.15, 0.2) is 0 Å². The first kappa shape index (κ1) is 8.69. The van der Waals surface area contributed by atoms with Crippen molar-refractivity contribution in [3.63, 3.8) is 0 Å². The lowest BCUT2D eigenvalue weighted by Gasteiger charge is -2.04. The number of nitrogens with two attached hydrogens (primary N) is 1. The van der Waals surface area contributed by atoms with Crippen LogP contribution in [0.25, 0.3) is 0 Å². The molecule has 0 saturated carbocycles. The minimum Gasteiger partial charge on any atom is -0.368 e. The first-order valence-corrected chi connectivity index (χ1v) is 2.95. The van der Waals surface area contributed by atoms with Crippen LogP contribution < -0.4 is 5.73 Å². The second kappa shape index (κ2) is 2.58. The third-order valence-electron chi connectivity index (χ3n) is 1.02. The number of nitrogen functional groups attached to an aromatic ring is 1. The first-order valence-electron chi connectivity index (χ1n) is 2.95. The maximum Gasteiger partial charge on any atom is 0.451 e. The van der Waals surface area contributed by atoms with E-state index in [1.54, 1.807) is 0 Å². The first-order chi connectivity index (χ1) is 5.39. The fourth-order valence-electron chi connectivity index (χ4n) is 0.629. The van der Waals surface area contributed by atoms with Crippen LogP contribution in [0.2, 0.25) is 0 Å². The Morgan fingerprint density at radius 3 is 2.17 bits per heavy atom. The van der Waals surface area contributed by atoms with Crippen LogP contribution in [-0.4, -0.2) is 15.0 Å². The van der Waals surface area contributed by atoms with Crippen molar-refractivity contribution in [1.82, 2.24) is 15.0 Å². The van der Waals surface area contributed by atoms with Crippen LogP contribution in [0.5, 0.6) is 0 Å². The molecule has 1 rings (SSSR count). The maximum absolute atomic E-state index is 11.9. The van der Waals surface area contributed by atoms with E-state index in [-0.39, 0.29) is 5.82 Å². The summed E-state index contributed by atoms with van der Waals surface area (Å²) in [6, 6.07) is 0. The Bertz CT molecular complexity index is 275. The van der Waals surface area contributed by atoms with Gasteiger partial charge >= 0.3 is 6.18 Å². The van der Waals surface area contributed by atoms with Crippen molar-refractivity contribution in [2.75, 3.05) is 5.73 Å². The standard InChI is InChI=1S/C5H5F3N4/c1-2-10-3(5(6,7)8)12-4(9)11-2/h1H3,(H2,9,10,11,12). The van der Waals surface area contributed by atoms with Gasteiger partial charge < -0.3 is 5.73 Å². The molecule has 0 atom stereocenters. The van der Waals surface area contributed by atoms with Crippen molar-refractivity contribution in [1.29, 1.82) is 0 Å². The summed E-state index contributed by atoms with van der Waals surface area (Å²) in [6.45, 7) is 1.31. The number of nitrogens with zero attached hydrogens (tertiary/aromatic N) is 3. The van der Waals surface area contributed by atoms with Gasteiger partial charge in [0.1, 0.15) is 5.82 Å². The number of aryl methyl sites for hydroxylation is 1. The van der Waals surface area contributed by atoms with Crippen LogP contribution in [0.4, 0.5) is 19.1 Å². The fraction of sp³-hybridized carbons (Fsp3) is 0.400. The quantitative estimate of drug-likeness (QED) is 0.637. The number of rotatable bonds is 0. The normalized spacial score (nSPS) is 11.7. The monoisotopic (exact) mass is 178 g/mol. The molecule has 0 aromatic carbocycles. The van der Waals surface area contributed by atoms with E-state index in [1.807, 2.05) is 0 Å². The lowest BCUT2D eigenvalue weighted by Crippen LogP contribution is -2.14. The summed E-state index contributed by atoms with van der Waals surface area (Å²) in [5, 5.41) is 0. The minimum absolute atomic E-state index is 0.0465. The average molecular weight is 178 g/mol. The van der Waals surface area contributed by atoms with Crippen molar-refractivity contribution in [2.45, 2.75) is 13.1 Å². The third kappa shape index (κ3) is 1.80. The summed E-state index contributed by atoms with van der Waals surface area (Å²) in [7, 11) is 0. The number of hydrogen-bond donors (Lipinski definition) is 1. The number of anilines is 1. The Morgan fingerprint density at radius 1 is 1.17 bits per heavy atom. The highest BCUT2D eigenvalue weighted by atomic mass is 19.4. The molecule has 0 bridgehead atoms. The topological polar surface area (TPSA) is 64.7 Å². The molecule has 2 N–H and O–H groups in total. The molecule has 1 heterocycles. The summed E-state index contributed by atoms with van der Waals surface area (Å²) < 4.78 is 35.8. The molecule has 0 amide bonds. The second-order valence-corrected chi connectivity index (χ2v) is 2.06. The van der Waals surface area contributed by atoms with E-state index in [1.165, 1.54) is 6.92 Å². The smallest absolute Gasteiger partial charge is 0.368 e. The average Bonchev–Trinajstić information content (AvgIpc) is 1.82. The van der Waals surface area contributed by atoms with Crippen LogP contribution >= 0.6 is 0 Å². The minimum atomic E-state index is -4.57. The predicted molar refractivity (Wildman–Crippen MR) is 34.0 cm³/mol. The van der Waals surface area contributed by atoms with Crippen molar-refractivity contribution in [2.24, 2.45) is 0 Å². The number of halogens is 3. The van der Waals surface area contributed by atoms with E-state index in [4.69, 9.17) is 5.73 Å². The van der Waals surface area contributed by atoms with Crippen LogP contribution in [-0.2, 0) is 6.18 Å². The van der Waals surface area contributed by atoms with Gasteiger partial charge in [0.2, 0.25) is 11.8 Å². The number of alkyl halides is 3. The van der Waals surface area contributed by atoms with Gasteiger partial charge in [0.05, 0.1) is 0 Å². The van der Waals surface area contributed by atoms with Crippen LogP contribution in [0.1, 0.15) is 11.6 Å². The molecule has 0 aliphatic rings. The Labute approximate surface area is 65.7 Å². The molecule has 1 aromatic heterocycles. The Hall–Kier alpha value is -1.40. The highest BCUT2D eigenvalue weighted by molar-refractivity contribution is 5.16. The number of hydrogen-bond acceptors (Lipinski definition) is 4. The summed E-state index contributed by atoms with van der Waals surface area (Å²) in [6.07, 6.45) is -4.57. The van der Waals surface area contributed by atoms with Crippen molar-refractivity contribution in [3.05, 3.63) is 11.6 Å². The zero-order chi connectivity index (χ0) is 9.35. The van der Waals surface area contributed by atoms with Crippen LogP contribution in [0, 0.1) is 6.92 Å². The molecule has 0 aliphatic carbocycles. The van der Waals surface area contributed by atoms with Gasteiger partial charge in [0.25, 0.3) is 0 Å². The Balaban J connectivity index is 3.18. The second-order valence-electron chi connectivity index (χ2n) is 2.06. The summed E-state index contributed by atoms with van der Waals surface area (Å²) in [5.41, 5.74) is 4.99. The van der Waals surface area contributed by atoms with Gasteiger partial charge in [-0.3, -0.25) is 0 Å². The highest BCUT2D eigenvalue weighted by Crippen LogP contribution is 2.25. The van der Waals surface area contributed by atoms with Crippen LogP contribution in [0.15, 0.2) is 0 Å². The van der Waals surface area contributed by atoms with E-state index in [2.05, 4.69) is 15.0 Å². The third-order valence-corrected chi connectivity index (χ3v) is 1.02. The molecule has 1 aromatic rings. The van der Waals surface area contributed by atoms with Gasteiger partial charge in [-0.25, -0.2) is 4.98 Å². The van der Waals surface area contributed by atoms with E-state index in [9.17, 15) is 13.2 Å². The van der Waals surface area contributed by atoms with E-state index in [0.29, 0.717) is 0 Å². The lowest BCUT2D eigenvalue weighted by molar-refractivity contribution is -0.145. The largest absolute Gasteiger partial charge is 0.451 e. The van der Waals surface area contributed by atoms with E-state index in [0.717, 1.165) is 0 Å². The fourth-order valence-corrected chi connectivity index (χ4v) is 0.629. The lowest BCUT2D eigenvalue weighted by atomic mass is 10.5. The molecule has 7 heteroatoms. The summed E-state index contributed by atoms with van der Waals surface area (Å²) >= 11 is 0. The maximum atomic E-state index is 11.9. The van der Waals surface area contributed by atoms with Crippen molar-refractivity contribution < 1.29 is 13.2 Å². The van der Waals surface area contributed by atoms with Crippen molar-refractivity contribution in [3.8, 4) is 0 Å². The molecule has 0 unspecified atom stereocenters. The molecule has 0 aliphatic heterocycles. The zero-order valence-corrected chi connectivity index (χ0v) is 6.05. The molecular weight excluding hydrogens is 173 g/mol. The molecule has 4 nitrogen and oxygen atoms in total. The molecule has 0 radical (unpaired) electrons. The Kier molecular flexibility index (Phi) is 1.87. The summed E-state index contributed by atoms with van der Waals surface area (Å²) in [4.78, 5) is 9.42. The molecule has 0 spiro atoms. The van der Waals surface area contributed by atoms with Crippen LogP contribution in [0.3, 0.4) is 0 Å². The molecule has 0 saturated heterocycles. The van der Waals surface area contributed by atoms with E-state index < -0.39 is 17.9 Å². The van der Waals surface area contributed by atoms with Gasteiger partial charge in [-0.15, -0.1) is 0 Å². The molecule has 0 fully saturated rings. The van der Waals surface area contributed by atoms with Gasteiger partial charge in [0, 0.05) is 0 Å².